The molecule has 1 amide bonds. The number of unbranched alkanes of at least 4 members (excludes halogenated alkanes) is 1. The van der Waals surface area contributed by atoms with E-state index in [1.54, 1.807) is 6.20 Å². The van der Waals surface area contributed by atoms with Crippen LogP contribution in [0.3, 0.4) is 0 Å². The number of halogens is 1. The van der Waals surface area contributed by atoms with E-state index in [2.05, 4.69) is 17.3 Å². The summed E-state index contributed by atoms with van der Waals surface area (Å²) in [6.07, 6.45) is 4.33. The number of nitrogens with zero attached hydrogens (tertiary/aromatic N) is 2. The van der Waals surface area contributed by atoms with Gasteiger partial charge >= 0.3 is 0 Å². The number of aryl methyl sites for hydroxylation is 1. The lowest BCUT2D eigenvalue weighted by molar-refractivity contribution is -0.121. The molecule has 1 aromatic carbocycles. The third-order valence-corrected chi connectivity index (χ3v) is 3.24. The molecule has 102 valence electrons. The zero-order chi connectivity index (χ0) is 13.7. The number of benzene rings is 1. The molecule has 0 aliphatic rings. The van der Waals surface area contributed by atoms with Crippen LogP contribution in [0.1, 0.15) is 26.2 Å². The lowest BCUT2D eigenvalue weighted by Crippen LogP contribution is -2.25. The van der Waals surface area contributed by atoms with Crippen molar-refractivity contribution in [1.82, 2.24) is 15.1 Å². The summed E-state index contributed by atoms with van der Waals surface area (Å²) < 4.78 is 1.84. The van der Waals surface area contributed by atoms with Crippen LogP contribution in [0, 0.1) is 0 Å². The molecule has 0 bridgehead atoms. The van der Waals surface area contributed by atoms with Gasteiger partial charge in [0.25, 0.3) is 0 Å². The predicted octanol–water partition coefficient (Wildman–Crippen LogP) is 3.00. The fraction of sp³-hybridized carbons (Fsp3) is 0.429. The second-order valence-electron chi connectivity index (χ2n) is 4.52. The number of fused-ring (bicyclic) bond motifs is 1. The van der Waals surface area contributed by atoms with Gasteiger partial charge in [0.15, 0.2) is 0 Å². The number of carbonyl (C=O) groups excluding carboxylic acids is 1. The van der Waals surface area contributed by atoms with Crippen LogP contribution in [-0.2, 0) is 11.3 Å². The maximum Gasteiger partial charge on any atom is 0.221 e. The lowest BCUT2D eigenvalue weighted by Gasteiger charge is -2.05. The maximum absolute atomic E-state index is 11.6. The summed E-state index contributed by atoms with van der Waals surface area (Å²) >= 11 is 5.93. The first-order valence-electron chi connectivity index (χ1n) is 6.58. The Kier molecular flexibility index (Phi) is 4.80. The van der Waals surface area contributed by atoms with Gasteiger partial charge in [-0.25, -0.2) is 0 Å². The summed E-state index contributed by atoms with van der Waals surface area (Å²) in [5.41, 5.74) is 1.01. The van der Waals surface area contributed by atoms with Gasteiger partial charge < -0.3 is 5.32 Å². The summed E-state index contributed by atoms with van der Waals surface area (Å²) in [5.74, 6) is 0.0751. The number of amides is 1. The Morgan fingerprint density at radius 3 is 3.11 bits per heavy atom. The SMILES string of the molecule is CCCCNC(=O)CCn1ncc2cc(Cl)ccc21. The zero-order valence-electron chi connectivity index (χ0n) is 11.0. The average molecular weight is 280 g/mol. The third-order valence-electron chi connectivity index (χ3n) is 3.01. The van der Waals surface area contributed by atoms with Crippen molar-refractivity contribution in [2.24, 2.45) is 0 Å². The number of carbonyl (C=O) groups is 1. The first-order valence-corrected chi connectivity index (χ1v) is 6.96. The number of hydrogen-bond donors (Lipinski definition) is 1. The molecule has 0 aliphatic carbocycles. The van der Waals surface area contributed by atoms with E-state index >= 15 is 0 Å². The number of hydrogen-bond acceptors (Lipinski definition) is 2. The number of rotatable bonds is 6. The van der Waals surface area contributed by atoms with Crippen molar-refractivity contribution in [2.75, 3.05) is 6.54 Å². The summed E-state index contributed by atoms with van der Waals surface area (Å²) in [7, 11) is 0. The fourth-order valence-electron chi connectivity index (χ4n) is 1.94. The van der Waals surface area contributed by atoms with E-state index in [4.69, 9.17) is 11.6 Å². The van der Waals surface area contributed by atoms with Crippen LogP contribution < -0.4 is 5.32 Å². The molecular formula is C14H18ClN3O. The van der Waals surface area contributed by atoms with Gasteiger partial charge in [-0.15, -0.1) is 0 Å². The van der Waals surface area contributed by atoms with Crippen LogP contribution in [0.4, 0.5) is 0 Å². The normalized spacial score (nSPS) is 10.8. The average Bonchev–Trinajstić information content (AvgIpc) is 2.79. The van der Waals surface area contributed by atoms with Crippen LogP contribution in [0.2, 0.25) is 5.02 Å². The van der Waals surface area contributed by atoms with Crippen molar-refractivity contribution in [3.8, 4) is 0 Å². The van der Waals surface area contributed by atoms with Crippen molar-refractivity contribution in [1.29, 1.82) is 0 Å². The lowest BCUT2D eigenvalue weighted by atomic mass is 10.2. The molecule has 2 rings (SSSR count). The van der Waals surface area contributed by atoms with Gasteiger partial charge in [-0.3, -0.25) is 9.48 Å². The van der Waals surface area contributed by atoms with Crippen molar-refractivity contribution in [2.45, 2.75) is 32.7 Å². The highest BCUT2D eigenvalue weighted by Gasteiger charge is 2.05. The summed E-state index contributed by atoms with van der Waals surface area (Å²) in [6, 6.07) is 5.64. The van der Waals surface area contributed by atoms with Gasteiger partial charge in [0.2, 0.25) is 5.91 Å². The van der Waals surface area contributed by atoms with E-state index in [1.165, 1.54) is 0 Å². The van der Waals surface area contributed by atoms with E-state index in [-0.39, 0.29) is 5.91 Å². The van der Waals surface area contributed by atoms with Gasteiger partial charge in [0.05, 0.1) is 18.3 Å². The maximum atomic E-state index is 11.6. The predicted molar refractivity (Wildman–Crippen MR) is 77.3 cm³/mol. The van der Waals surface area contributed by atoms with E-state index in [9.17, 15) is 4.79 Å². The molecule has 1 N–H and O–H groups in total. The van der Waals surface area contributed by atoms with E-state index in [1.807, 2.05) is 22.9 Å². The molecule has 5 heteroatoms. The quantitative estimate of drug-likeness (QED) is 0.826. The fourth-order valence-corrected chi connectivity index (χ4v) is 2.12. The molecule has 1 aromatic heterocycles. The Morgan fingerprint density at radius 2 is 2.32 bits per heavy atom. The number of nitrogens with one attached hydrogen (secondary N) is 1. The summed E-state index contributed by atoms with van der Waals surface area (Å²) in [6.45, 7) is 3.45. The first kappa shape index (κ1) is 13.9. The van der Waals surface area contributed by atoms with Crippen LogP contribution in [-0.4, -0.2) is 22.2 Å². The van der Waals surface area contributed by atoms with E-state index in [0.29, 0.717) is 18.0 Å². The molecule has 2 aromatic rings. The van der Waals surface area contributed by atoms with Crippen LogP contribution >= 0.6 is 11.6 Å². The zero-order valence-corrected chi connectivity index (χ0v) is 11.8. The molecular weight excluding hydrogens is 262 g/mol. The molecule has 1 heterocycles. The van der Waals surface area contributed by atoms with Gasteiger partial charge in [-0.1, -0.05) is 24.9 Å². The van der Waals surface area contributed by atoms with E-state index < -0.39 is 0 Å². The molecule has 0 saturated heterocycles. The van der Waals surface area contributed by atoms with Gasteiger partial charge in [0.1, 0.15) is 0 Å². The van der Waals surface area contributed by atoms with Gasteiger partial charge in [-0.05, 0) is 24.6 Å². The summed E-state index contributed by atoms with van der Waals surface area (Å²) in [4.78, 5) is 11.6. The highest BCUT2D eigenvalue weighted by atomic mass is 35.5. The Bertz CT molecular complexity index is 565. The second kappa shape index (κ2) is 6.57. The Balaban J connectivity index is 1.93. The first-order chi connectivity index (χ1) is 9.20. The molecule has 0 atom stereocenters. The molecule has 0 radical (unpaired) electrons. The molecule has 0 spiro atoms. The molecule has 19 heavy (non-hydrogen) atoms. The second-order valence-corrected chi connectivity index (χ2v) is 4.96. The smallest absolute Gasteiger partial charge is 0.221 e. The van der Waals surface area contributed by atoms with Crippen LogP contribution in [0.25, 0.3) is 10.9 Å². The minimum atomic E-state index is 0.0751. The van der Waals surface area contributed by atoms with Crippen molar-refractivity contribution >= 4 is 28.4 Å². The van der Waals surface area contributed by atoms with Crippen molar-refractivity contribution in [3.63, 3.8) is 0 Å². The highest BCUT2D eigenvalue weighted by Crippen LogP contribution is 2.18. The van der Waals surface area contributed by atoms with E-state index in [0.717, 1.165) is 30.3 Å². The minimum Gasteiger partial charge on any atom is -0.356 e. The van der Waals surface area contributed by atoms with Gasteiger partial charge in [-0.2, -0.15) is 5.10 Å². The van der Waals surface area contributed by atoms with Crippen molar-refractivity contribution in [3.05, 3.63) is 29.4 Å². The highest BCUT2D eigenvalue weighted by molar-refractivity contribution is 6.31. The number of aromatic nitrogens is 2. The molecule has 4 nitrogen and oxygen atoms in total. The summed E-state index contributed by atoms with van der Waals surface area (Å²) in [5, 5.41) is 8.88. The van der Waals surface area contributed by atoms with Crippen LogP contribution in [0.15, 0.2) is 24.4 Å². The monoisotopic (exact) mass is 279 g/mol. The standard InChI is InChI=1S/C14H18ClN3O/c1-2-3-7-16-14(19)6-8-18-13-5-4-12(15)9-11(13)10-17-18/h4-5,9-10H,2-3,6-8H2,1H3,(H,16,19). The molecule has 0 fully saturated rings. The topological polar surface area (TPSA) is 46.9 Å². The molecule has 0 unspecified atom stereocenters. The minimum absolute atomic E-state index is 0.0751. The molecule has 0 aliphatic heterocycles. The largest absolute Gasteiger partial charge is 0.356 e. The Morgan fingerprint density at radius 1 is 1.47 bits per heavy atom. The van der Waals surface area contributed by atoms with Crippen molar-refractivity contribution < 1.29 is 4.79 Å². The Labute approximate surface area is 117 Å². The van der Waals surface area contributed by atoms with Gasteiger partial charge in [0, 0.05) is 23.4 Å². The van der Waals surface area contributed by atoms with Crippen LogP contribution in [0.5, 0.6) is 0 Å². The Hall–Kier alpha value is -1.55. The molecule has 0 saturated carbocycles. The third kappa shape index (κ3) is 3.70.